The standard InChI is InChI=1S/C16H10F4N2/c17-11-6-7-13-14(9-11)22-15(21-13)8-5-10-3-1-2-4-12(10)16(18,19)20/h1-9H,(H,21,22)/b8-5+. The third kappa shape index (κ3) is 2.86. The van der Waals surface area contributed by atoms with Gasteiger partial charge in [0.25, 0.3) is 0 Å². The monoisotopic (exact) mass is 306 g/mol. The summed E-state index contributed by atoms with van der Waals surface area (Å²) >= 11 is 0. The van der Waals surface area contributed by atoms with Crippen LogP contribution >= 0.6 is 0 Å². The quantitative estimate of drug-likeness (QED) is 0.671. The van der Waals surface area contributed by atoms with Crippen molar-refractivity contribution < 1.29 is 17.6 Å². The van der Waals surface area contributed by atoms with E-state index in [2.05, 4.69) is 9.97 Å². The van der Waals surface area contributed by atoms with E-state index in [-0.39, 0.29) is 5.56 Å². The number of H-pyrrole nitrogens is 1. The second kappa shape index (κ2) is 5.29. The molecular formula is C16H10F4N2. The lowest BCUT2D eigenvalue weighted by Gasteiger charge is -2.09. The molecule has 1 heterocycles. The van der Waals surface area contributed by atoms with Crippen LogP contribution in [0.1, 0.15) is 17.0 Å². The van der Waals surface area contributed by atoms with Crippen molar-refractivity contribution in [3.05, 3.63) is 65.2 Å². The van der Waals surface area contributed by atoms with Gasteiger partial charge in [-0.25, -0.2) is 9.37 Å². The van der Waals surface area contributed by atoms with E-state index >= 15 is 0 Å². The Morgan fingerprint density at radius 3 is 2.55 bits per heavy atom. The number of hydrogen-bond donors (Lipinski definition) is 1. The third-order valence-electron chi connectivity index (χ3n) is 3.15. The van der Waals surface area contributed by atoms with Crippen LogP contribution in [0.25, 0.3) is 23.2 Å². The van der Waals surface area contributed by atoms with Gasteiger partial charge in [-0.2, -0.15) is 13.2 Å². The Balaban J connectivity index is 1.96. The molecule has 1 N–H and O–H groups in total. The number of imidazole rings is 1. The van der Waals surface area contributed by atoms with Crippen molar-refractivity contribution in [3.8, 4) is 0 Å². The first-order valence-corrected chi connectivity index (χ1v) is 6.43. The molecule has 0 amide bonds. The minimum Gasteiger partial charge on any atom is -0.338 e. The molecule has 0 aliphatic rings. The van der Waals surface area contributed by atoms with E-state index in [1.54, 1.807) is 0 Å². The SMILES string of the molecule is Fc1ccc2nc(/C=C/c3ccccc3C(F)(F)F)[nH]c2c1. The molecule has 2 nitrogen and oxygen atoms in total. The molecule has 0 aliphatic carbocycles. The summed E-state index contributed by atoms with van der Waals surface area (Å²) in [6.45, 7) is 0. The molecular weight excluding hydrogens is 296 g/mol. The predicted octanol–water partition coefficient (Wildman–Crippen LogP) is 4.89. The highest BCUT2D eigenvalue weighted by atomic mass is 19.4. The molecule has 112 valence electrons. The third-order valence-corrected chi connectivity index (χ3v) is 3.15. The fourth-order valence-corrected chi connectivity index (χ4v) is 2.15. The lowest BCUT2D eigenvalue weighted by molar-refractivity contribution is -0.137. The molecule has 0 saturated carbocycles. The number of hydrogen-bond acceptors (Lipinski definition) is 1. The number of fused-ring (bicyclic) bond motifs is 1. The molecule has 0 aliphatic heterocycles. The van der Waals surface area contributed by atoms with Crippen LogP contribution in [-0.4, -0.2) is 9.97 Å². The molecule has 0 spiro atoms. The molecule has 0 saturated heterocycles. The van der Waals surface area contributed by atoms with Crippen LogP contribution in [0, 0.1) is 5.82 Å². The van der Waals surface area contributed by atoms with Crippen molar-refractivity contribution in [2.75, 3.05) is 0 Å². The summed E-state index contributed by atoms with van der Waals surface area (Å²) in [4.78, 5) is 7.02. The minimum atomic E-state index is -4.42. The largest absolute Gasteiger partial charge is 0.416 e. The lowest BCUT2D eigenvalue weighted by atomic mass is 10.1. The zero-order valence-corrected chi connectivity index (χ0v) is 11.2. The average Bonchev–Trinajstić information content (AvgIpc) is 2.86. The van der Waals surface area contributed by atoms with Crippen LogP contribution in [-0.2, 0) is 6.18 Å². The summed E-state index contributed by atoms with van der Waals surface area (Å²) in [5.74, 6) is -0.0494. The van der Waals surface area contributed by atoms with E-state index in [0.29, 0.717) is 16.9 Å². The molecule has 2 aromatic carbocycles. The zero-order chi connectivity index (χ0) is 15.7. The first-order chi connectivity index (χ1) is 10.4. The van der Waals surface area contributed by atoms with Crippen molar-refractivity contribution in [2.45, 2.75) is 6.18 Å². The van der Waals surface area contributed by atoms with Gasteiger partial charge in [-0.15, -0.1) is 0 Å². The van der Waals surface area contributed by atoms with Gasteiger partial charge in [0.2, 0.25) is 0 Å². The maximum atomic E-state index is 13.1. The molecule has 3 aromatic rings. The Labute approximate surface area is 123 Å². The van der Waals surface area contributed by atoms with E-state index in [4.69, 9.17) is 0 Å². The Bertz CT molecular complexity index is 847. The molecule has 0 bridgehead atoms. The maximum Gasteiger partial charge on any atom is 0.416 e. The fraction of sp³-hybridized carbons (Fsp3) is 0.0625. The van der Waals surface area contributed by atoms with Gasteiger partial charge in [-0.3, -0.25) is 0 Å². The Morgan fingerprint density at radius 2 is 1.77 bits per heavy atom. The van der Waals surface area contributed by atoms with Crippen molar-refractivity contribution in [1.82, 2.24) is 9.97 Å². The van der Waals surface area contributed by atoms with Crippen molar-refractivity contribution in [2.24, 2.45) is 0 Å². The van der Waals surface area contributed by atoms with Crippen LogP contribution in [0.4, 0.5) is 17.6 Å². The summed E-state index contributed by atoms with van der Waals surface area (Å²) in [7, 11) is 0. The first-order valence-electron chi connectivity index (χ1n) is 6.43. The van der Waals surface area contributed by atoms with Crippen LogP contribution in [0.3, 0.4) is 0 Å². The smallest absolute Gasteiger partial charge is 0.338 e. The summed E-state index contributed by atoms with van der Waals surface area (Å²) < 4.78 is 51.8. The molecule has 1 aromatic heterocycles. The summed E-state index contributed by atoms with van der Waals surface area (Å²) in [6.07, 6.45) is -1.66. The summed E-state index contributed by atoms with van der Waals surface area (Å²) in [6, 6.07) is 9.32. The predicted molar refractivity (Wildman–Crippen MR) is 76.4 cm³/mol. The average molecular weight is 306 g/mol. The van der Waals surface area contributed by atoms with E-state index in [1.165, 1.54) is 48.6 Å². The second-order valence-electron chi connectivity index (χ2n) is 4.70. The van der Waals surface area contributed by atoms with E-state index in [0.717, 1.165) is 6.07 Å². The van der Waals surface area contributed by atoms with Crippen LogP contribution < -0.4 is 0 Å². The highest BCUT2D eigenvalue weighted by molar-refractivity contribution is 5.79. The highest BCUT2D eigenvalue weighted by Gasteiger charge is 2.32. The number of halogens is 4. The summed E-state index contributed by atoms with van der Waals surface area (Å²) in [5.41, 5.74) is 0.365. The lowest BCUT2D eigenvalue weighted by Crippen LogP contribution is -2.06. The molecule has 0 unspecified atom stereocenters. The fourth-order valence-electron chi connectivity index (χ4n) is 2.15. The van der Waals surface area contributed by atoms with Gasteiger partial charge < -0.3 is 4.98 Å². The van der Waals surface area contributed by atoms with Gasteiger partial charge in [0.15, 0.2) is 0 Å². The molecule has 3 rings (SSSR count). The number of nitrogens with zero attached hydrogens (tertiary/aromatic N) is 1. The topological polar surface area (TPSA) is 28.7 Å². The molecule has 0 radical (unpaired) electrons. The number of rotatable bonds is 2. The number of nitrogens with one attached hydrogen (secondary N) is 1. The van der Waals surface area contributed by atoms with E-state index < -0.39 is 17.6 Å². The Morgan fingerprint density at radius 1 is 1.00 bits per heavy atom. The molecule has 0 fully saturated rings. The second-order valence-corrected chi connectivity index (χ2v) is 4.70. The first kappa shape index (κ1) is 14.3. The molecule has 0 atom stereocenters. The molecule has 6 heteroatoms. The van der Waals surface area contributed by atoms with E-state index in [1.807, 2.05) is 0 Å². The van der Waals surface area contributed by atoms with E-state index in [9.17, 15) is 17.6 Å². The van der Waals surface area contributed by atoms with Gasteiger partial charge in [0, 0.05) is 0 Å². The van der Waals surface area contributed by atoms with Crippen molar-refractivity contribution in [3.63, 3.8) is 0 Å². The number of alkyl halides is 3. The maximum absolute atomic E-state index is 13.1. The van der Waals surface area contributed by atoms with Gasteiger partial charge in [0.1, 0.15) is 11.6 Å². The normalized spacial score (nSPS) is 12.4. The zero-order valence-electron chi connectivity index (χ0n) is 11.2. The van der Waals surface area contributed by atoms with Gasteiger partial charge >= 0.3 is 6.18 Å². The van der Waals surface area contributed by atoms with Crippen molar-refractivity contribution in [1.29, 1.82) is 0 Å². The highest BCUT2D eigenvalue weighted by Crippen LogP contribution is 2.32. The number of aromatic amines is 1. The van der Waals surface area contributed by atoms with Crippen LogP contribution in [0.15, 0.2) is 42.5 Å². The number of benzene rings is 2. The van der Waals surface area contributed by atoms with Gasteiger partial charge in [0.05, 0.1) is 16.6 Å². The van der Waals surface area contributed by atoms with Gasteiger partial charge in [-0.05, 0) is 35.9 Å². The van der Waals surface area contributed by atoms with Gasteiger partial charge in [-0.1, -0.05) is 24.3 Å². The minimum absolute atomic E-state index is 0.0432. The van der Waals surface area contributed by atoms with Crippen molar-refractivity contribution >= 4 is 23.2 Å². The number of aromatic nitrogens is 2. The Kier molecular flexibility index (Phi) is 3.44. The van der Waals surface area contributed by atoms with Crippen LogP contribution in [0.5, 0.6) is 0 Å². The Hall–Kier alpha value is -2.63. The summed E-state index contributed by atoms with van der Waals surface area (Å²) in [5, 5.41) is 0. The van der Waals surface area contributed by atoms with Crippen LogP contribution in [0.2, 0.25) is 0 Å². The molecule has 22 heavy (non-hydrogen) atoms.